The fraction of sp³-hybridized carbons (Fsp3) is 0.500. The molecule has 1 saturated heterocycles. The van der Waals surface area contributed by atoms with E-state index in [1.807, 2.05) is 6.92 Å². The number of hydrogen-bond acceptors (Lipinski definition) is 7. The second-order valence-corrected chi connectivity index (χ2v) is 6.96. The third kappa shape index (κ3) is 3.31. The topological polar surface area (TPSA) is 97.1 Å². The molecule has 2 aromatic heterocycles. The number of nitro groups is 1. The third-order valence-corrected chi connectivity index (χ3v) is 5.07. The molecule has 2 aromatic rings. The molecule has 8 heteroatoms. The van der Waals surface area contributed by atoms with Crippen molar-refractivity contribution in [2.24, 2.45) is 0 Å². The number of nitrogens with zero attached hydrogens (tertiary/aromatic N) is 5. The van der Waals surface area contributed by atoms with Crippen molar-refractivity contribution in [2.75, 3.05) is 23.3 Å². The minimum Gasteiger partial charge on any atom is -0.365 e. The number of hydrogen-bond donors (Lipinski definition) is 1. The molecule has 136 valence electrons. The Balaban J connectivity index is 1.47. The van der Waals surface area contributed by atoms with Crippen LogP contribution in [0.2, 0.25) is 0 Å². The quantitative estimate of drug-likeness (QED) is 0.666. The number of aromatic nitrogens is 3. The Kier molecular flexibility index (Phi) is 4.40. The summed E-state index contributed by atoms with van der Waals surface area (Å²) in [5.41, 5.74) is 2.54. The Morgan fingerprint density at radius 3 is 2.88 bits per heavy atom. The number of rotatable bonds is 4. The molecule has 1 atom stereocenters. The maximum atomic E-state index is 10.7. The second-order valence-electron chi connectivity index (χ2n) is 6.96. The predicted molar refractivity (Wildman–Crippen MR) is 98.5 cm³/mol. The molecule has 0 radical (unpaired) electrons. The van der Waals surface area contributed by atoms with E-state index in [1.165, 1.54) is 36.4 Å². The molecule has 1 fully saturated rings. The van der Waals surface area contributed by atoms with Crippen LogP contribution in [-0.4, -0.2) is 39.0 Å². The maximum Gasteiger partial charge on any atom is 0.287 e. The number of nitrogens with one attached hydrogen (secondary N) is 1. The smallest absolute Gasteiger partial charge is 0.287 e. The van der Waals surface area contributed by atoms with E-state index in [0.717, 1.165) is 44.0 Å². The van der Waals surface area contributed by atoms with E-state index < -0.39 is 4.92 Å². The molecule has 2 aliphatic rings. The van der Waals surface area contributed by atoms with Gasteiger partial charge in [0.2, 0.25) is 0 Å². The highest BCUT2D eigenvalue weighted by molar-refractivity contribution is 5.52. The Morgan fingerprint density at radius 1 is 1.27 bits per heavy atom. The van der Waals surface area contributed by atoms with Gasteiger partial charge in [0.1, 0.15) is 23.7 Å². The van der Waals surface area contributed by atoms with Crippen LogP contribution in [0.4, 0.5) is 17.3 Å². The van der Waals surface area contributed by atoms with Crippen LogP contribution in [0.15, 0.2) is 18.3 Å². The zero-order chi connectivity index (χ0) is 18.1. The number of anilines is 2. The molecule has 4 rings (SSSR count). The highest BCUT2D eigenvalue weighted by atomic mass is 16.6. The van der Waals surface area contributed by atoms with Gasteiger partial charge in [-0.1, -0.05) is 0 Å². The van der Waals surface area contributed by atoms with Crippen molar-refractivity contribution in [1.82, 2.24) is 15.0 Å². The monoisotopic (exact) mass is 354 g/mol. The molecule has 1 N–H and O–H groups in total. The first-order valence-corrected chi connectivity index (χ1v) is 9.08. The molecule has 0 bridgehead atoms. The van der Waals surface area contributed by atoms with E-state index in [0.29, 0.717) is 5.82 Å². The maximum absolute atomic E-state index is 10.7. The first-order chi connectivity index (χ1) is 12.6. The molecular formula is C18H22N6O2. The van der Waals surface area contributed by atoms with Gasteiger partial charge in [-0.05, 0) is 45.1 Å². The molecule has 0 spiro atoms. The van der Waals surface area contributed by atoms with E-state index in [2.05, 4.69) is 20.2 Å². The zero-order valence-electron chi connectivity index (χ0n) is 14.8. The Morgan fingerprint density at radius 2 is 2.12 bits per heavy atom. The normalized spacial score (nSPS) is 19.3. The summed E-state index contributed by atoms with van der Waals surface area (Å²) in [4.78, 5) is 26.1. The lowest BCUT2D eigenvalue weighted by Crippen LogP contribution is -2.29. The number of fused-ring (bicyclic) bond motifs is 1. The summed E-state index contributed by atoms with van der Waals surface area (Å²) in [6, 6.07) is 3.39. The summed E-state index contributed by atoms with van der Waals surface area (Å²) in [5.74, 6) is 2.60. The van der Waals surface area contributed by atoms with Crippen molar-refractivity contribution in [3.63, 3.8) is 0 Å². The van der Waals surface area contributed by atoms with Gasteiger partial charge in [-0.15, -0.1) is 0 Å². The Bertz CT molecular complexity index is 823. The average molecular weight is 354 g/mol. The summed E-state index contributed by atoms with van der Waals surface area (Å²) >= 11 is 0. The van der Waals surface area contributed by atoms with Crippen molar-refractivity contribution >= 4 is 17.3 Å². The zero-order valence-corrected chi connectivity index (χ0v) is 14.8. The molecular weight excluding hydrogens is 332 g/mol. The highest BCUT2D eigenvalue weighted by Gasteiger charge is 2.28. The van der Waals surface area contributed by atoms with E-state index in [4.69, 9.17) is 4.98 Å². The molecule has 8 nitrogen and oxygen atoms in total. The third-order valence-electron chi connectivity index (χ3n) is 5.07. The van der Waals surface area contributed by atoms with Crippen LogP contribution in [0.5, 0.6) is 0 Å². The molecule has 0 saturated carbocycles. The number of pyridine rings is 1. The summed E-state index contributed by atoms with van der Waals surface area (Å²) in [5, 5.41) is 14.1. The standard InChI is InChI=1S/C18H22N6O2/c1-12-20-16-5-3-2-4-15(16)18(21-12)23-9-8-13(11-23)22-17-7-6-14(10-19-17)24(25)26/h6-7,10,13H,2-5,8-9,11H2,1H3,(H,19,22). The number of aryl methyl sites for hydroxylation is 2. The molecule has 1 unspecified atom stereocenters. The Hall–Kier alpha value is -2.77. The lowest BCUT2D eigenvalue weighted by Gasteiger charge is -2.25. The van der Waals surface area contributed by atoms with Crippen LogP contribution in [0.3, 0.4) is 0 Å². The average Bonchev–Trinajstić information content (AvgIpc) is 3.09. The minimum absolute atomic E-state index is 0.00619. The summed E-state index contributed by atoms with van der Waals surface area (Å²) < 4.78 is 0. The molecule has 3 heterocycles. The Labute approximate surface area is 151 Å². The largest absolute Gasteiger partial charge is 0.365 e. The summed E-state index contributed by atoms with van der Waals surface area (Å²) in [6.07, 6.45) is 6.79. The highest BCUT2D eigenvalue weighted by Crippen LogP contribution is 2.30. The van der Waals surface area contributed by atoms with Crippen molar-refractivity contribution in [2.45, 2.75) is 45.1 Å². The molecule has 1 aliphatic heterocycles. The van der Waals surface area contributed by atoms with E-state index in [-0.39, 0.29) is 11.7 Å². The van der Waals surface area contributed by atoms with Crippen molar-refractivity contribution in [1.29, 1.82) is 0 Å². The second kappa shape index (κ2) is 6.86. The van der Waals surface area contributed by atoms with Gasteiger partial charge in [-0.3, -0.25) is 10.1 Å². The van der Waals surface area contributed by atoms with Gasteiger partial charge in [0, 0.05) is 36.5 Å². The van der Waals surface area contributed by atoms with Gasteiger partial charge in [-0.2, -0.15) is 0 Å². The molecule has 1 aliphatic carbocycles. The van der Waals surface area contributed by atoms with Gasteiger partial charge in [0.05, 0.1) is 4.92 Å². The van der Waals surface area contributed by atoms with Gasteiger partial charge in [-0.25, -0.2) is 15.0 Å². The van der Waals surface area contributed by atoms with Gasteiger partial charge < -0.3 is 10.2 Å². The molecule has 0 aromatic carbocycles. The van der Waals surface area contributed by atoms with Gasteiger partial charge >= 0.3 is 0 Å². The van der Waals surface area contributed by atoms with Crippen LogP contribution >= 0.6 is 0 Å². The van der Waals surface area contributed by atoms with E-state index >= 15 is 0 Å². The lowest BCUT2D eigenvalue weighted by molar-refractivity contribution is -0.385. The minimum atomic E-state index is -0.436. The molecule has 26 heavy (non-hydrogen) atoms. The lowest BCUT2D eigenvalue weighted by atomic mass is 9.96. The fourth-order valence-corrected chi connectivity index (χ4v) is 3.82. The van der Waals surface area contributed by atoms with Crippen LogP contribution < -0.4 is 10.2 Å². The first-order valence-electron chi connectivity index (χ1n) is 9.08. The molecule has 0 amide bonds. The fourth-order valence-electron chi connectivity index (χ4n) is 3.82. The van der Waals surface area contributed by atoms with Crippen LogP contribution in [-0.2, 0) is 12.8 Å². The van der Waals surface area contributed by atoms with Crippen LogP contribution in [0.25, 0.3) is 0 Å². The predicted octanol–water partition coefficient (Wildman–Crippen LogP) is 2.66. The van der Waals surface area contributed by atoms with E-state index in [1.54, 1.807) is 6.07 Å². The summed E-state index contributed by atoms with van der Waals surface area (Å²) in [6.45, 7) is 3.75. The van der Waals surface area contributed by atoms with E-state index in [9.17, 15) is 10.1 Å². The first kappa shape index (κ1) is 16.7. The van der Waals surface area contributed by atoms with Crippen molar-refractivity contribution in [3.05, 3.63) is 45.5 Å². The van der Waals surface area contributed by atoms with Gasteiger partial charge in [0.25, 0.3) is 5.69 Å². The van der Waals surface area contributed by atoms with Crippen molar-refractivity contribution in [3.8, 4) is 0 Å². The SMILES string of the molecule is Cc1nc2c(c(N3CCC(Nc4ccc([N+](=O)[O-])cn4)C3)n1)CCCC2. The summed E-state index contributed by atoms with van der Waals surface area (Å²) in [7, 11) is 0. The van der Waals surface area contributed by atoms with Crippen LogP contribution in [0.1, 0.15) is 36.3 Å². The van der Waals surface area contributed by atoms with Crippen molar-refractivity contribution < 1.29 is 4.92 Å². The van der Waals surface area contributed by atoms with Gasteiger partial charge in [0.15, 0.2) is 0 Å². The van der Waals surface area contributed by atoms with Crippen LogP contribution in [0, 0.1) is 17.0 Å².